The number of benzene rings is 1. The molecule has 4 rings (SSSR count). The number of hydrogen-bond donors (Lipinski definition) is 1. The Morgan fingerprint density at radius 2 is 1.73 bits per heavy atom. The maximum atomic E-state index is 12.9. The summed E-state index contributed by atoms with van der Waals surface area (Å²) in [6, 6.07) is 9.75. The zero-order valence-electron chi connectivity index (χ0n) is 16.0. The van der Waals surface area contributed by atoms with Crippen molar-refractivity contribution in [1.29, 1.82) is 0 Å². The molecule has 1 saturated heterocycles. The predicted molar refractivity (Wildman–Crippen MR) is 122 cm³/mol. The first kappa shape index (κ1) is 21.5. The van der Waals surface area contributed by atoms with Gasteiger partial charge in [-0.25, -0.2) is 13.4 Å². The lowest BCUT2D eigenvalue weighted by molar-refractivity contribution is 0.102. The Labute approximate surface area is 188 Å². The van der Waals surface area contributed by atoms with Crippen molar-refractivity contribution in [3.63, 3.8) is 0 Å². The molecular formula is C20H20ClN3O3S3. The van der Waals surface area contributed by atoms with Gasteiger partial charge in [-0.15, -0.1) is 22.7 Å². The lowest BCUT2D eigenvalue weighted by atomic mass is 10.2. The molecule has 0 atom stereocenters. The van der Waals surface area contributed by atoms with Crippen LogP contribution in [0.1, 0.15) is 36.0 Å². The van der Waals surface area contributed by atoms with Gasteiger partial charge in [-0.3, -0.25) is 10.1 Å². The first-order valence-corrected chi connectivity index (χ1v) is 13.1. The minimum absolute atomic E-state index is 0.215. The zero-order valence-corrected chi connectivity index (χ0v) is 19.2. The number of hydrogen-bond acceptors (Lipinski definition) is 6. The number of aromatic nitrogens is 1. The highest BCUT2D eigenvalue weighted by molar-refractivity contribution is 7.89. The molecule has 1 aliphatic rings. The van der Waals surface area contributed by atoms with Crippen LogP contribution in [-0.4, -0.2) is 36.7 Å². The van der Waals surface area contributed by atoms with E-state index in [9.17, 15) is 13.2 Å². The maximum Gasteiger partial charge on any atom is 0.257 e. The molecule has 3 aromatic rings. The van der Waals surface area contributed by atoms with Crippen LogP contribution < -0.4 is 5.32 Å². The molecule has 158 valence electrons. The average Bonchev–Trinajstić information content (AvgIpc) is 3.28. The fourth-order valence-corrected chi connectivity index (χ4v) is 6.58. The van der Waals surface area contributed by atoms with Gasteiger partial charge in [-0.2, -0.15) is 4.31 Å². The van der Waals surface area contributed by atoms with E-state index >= 15 is 0 Å². The fraction of sp³-hybridized carbons (Fsp3) is 0.300. The van der Waals surface area contributed by atoms with Crippen LogP contribution in [0.5, 0.6) is 0 Å². The molecule has 0 radical (unpaired) electrons. The molecule has 0 bridgehead atoms. The van der Waals surface area contributed by atoms with Gasteiger partial charge in [0, 0.05) is 24.0 Å². The molecule has 30 heavy (non-hydrogen) atoms. The van der Waals surface area contributed by atoms with Gasteiger partial charge in [-0.05, 0) is 49.2 Å². The molecule has 6 nitrogen and oxygen atoms in total. The average molecular weight is 482 g/mol. The second-order valence-corrected chi connectivity index (χ2v) is 11.4. The molecule has 0 saturated carbocycles. The summed E-state index contributed by atoms with van der Waals surface area (Å²) in [4.78, 5) is 18.1. The Hall–Kier alpha value is -1.78. The molecule has 1 amide bonds. The van der Waals surface area contributed by atoms with Crippen molar-refractivity contribution in [2.75, 3.05) is 18.4 Å². The van der Waals surface area contributed by atoms with Gasteiger partial charge in [-0.1, -0.05) is 24.4 Å². The number of anilines is 1. The Bertz CT molecular complexity index is 1130. The summed E-state index contributed by atoms with van der Waals surface area (Å²) >= 11 is 8.71. The number of carbonyl (C=O) groups excluding carboxylic acids is 1. The van der Waals surface area contributed by atoms with Gasteiger partial charge in [0.15, 0.2) is 5.13 Å². The second kappa shape index (κ2) is 9.15. The summed E-state index contributed by atoms with van der Waals surface area (Å²) in [5.41, 5.74) is 1.13. The zero-order chi connectivity index (χ0) is 21.1. The van der Waals surface area contributed by atoms with Crippen molar-refractivity contribution >= 4 is 55.3 Å². The van der Waals surface area contributed by atoms with Crippen LogP contribution in [0.3, 0.4) is 0 Å². The Morgan fingerprint density at radius 3 is 2.37 bits per heavy atom. The molecule has 1 fully saturated rings. The summed E-state index contributed by atoms with van der Waals surface area (Å²) in [5, 5.41) is 5.09. The van der Waals surface area contributed by atoms with Gasteiger partial charge >= 0.3 is 0 Å². The van der Waals surface area contributed by atoms with E-state index in [1.807, 2.05) is 11.4 Å². The van der Waals surface area contributed by atoms with E-state index in [0.29, 0.717) is 28.1 Å². The monoisotopic (exact) mass is 481 g/mol. The van der Waals surface area contributed by atoms with E-state index in [1.165, 1.54) is 46.9 Å². The number of carbonyl (C=O) groups is 1. The number of amides is 1. The predicted octanol–water partition coefficient (Wildman–Crippen LogP) is 5.34. The Morgan fingerprint density at radius 1 is 1.03 bits per heavy atom. The number of thiazole rings is 1. The van der Waals surface area contributed by atoms with Crippen LogP contribution in [0, 0.1) is 0 Å². The van der Waals surface area contributed by atoms with E-state index in [4.69, 9.17) is 11.6 Å². The molecule has 10 heteroatoms. The summed E-state index contributed by atoms with van der Waals surface area (Å²) < 4.78 is 27.9. The highest BCUT2D eigenvalue weighted by Gasteiger charge is 2.25. The molecule has 1 aliphatic heterocycles. The van der Waals surface area contributed by atoms with Crippen molar-refractivity contribution < 1.29 is 13.2 Å². The summed E-state index contributed by atoms with van der Waals surface area (Å²) in [6.45, 7) is 1.10. The molecule has 2 aromatic heterocycles. The number of halogens is 1. The fourth-order valence-electron chi connectivity index (χ4n) is 3.27. The maximum absolute atomic E-state index is 12.9. The SMILES string of the molecule is O=C(Nc1nc(-c2ccc(Cl)s2)cs1)c1ccc(S(=O)(=O)N2CCCCCC2)cc1. The van der Waals surface area contributed by atoms with Gasteiger partial charge in [0.05, 0.1) is 19.8 Å². The van der Waals surface area contributed by atoms with Crippen molar-refractivity contribution in [2.45, 2.75) is 30.6 Å². The van der Waals surface area contributed by atoms with Crippen LogP contribution in [0.15, 0.2) is 46.7 Å². The van der Waals surface area contributed by atoms with E-state index in [2.05, 4.69) is 10.3 Å². The third kappa shape index (κ3) is 4.76. The van der Waals surface area contributed by atoms with E-state index in [0.717, 1.165) is 36.3 Å². The van der Waals surface area contributed by atoms with Crippen LogP contribution in [0.2, 0.25) is 4.34 Å². The third-order valence-corrected chi connectivity index (χ3v) is 8.79. The van der Waals surface area contributed by atoms with Gasteiger partial charge in [0.1, 0.15) is 0 Å². The molecular weight excluding hydrogens is 462 g/mol. The van der Waals surface area contributed by atoms with Gasteiger partial charge < -0.3 is 0 Å². The quantitative estimate of drug-likeness (QED) is 0.533. The largest absolute Gasteiger partial charge is 0.298 e. The summed E-state index contributed by atoms with van der Waals surface area (Å²) in [5.74, 6) is -0.334. The van der Waals surface area contributed by atoms with Crippen LogP contribution >= 0.6 is 34.3 Å². The number of nitrogens with zero attached hydrogens (tertiary/aromatic N) is 2. The van der Waals surface area contributed by atoms with Crippen molar-refractivity contribution in [3.8, 4) is 10.6 Å². The van der Waals surface area contributed by atoms with Gasteiger partial charge in [0.2, 0.25) is 10.0 Å². The first-order valence-electron chi connectivity index (χ1n) is 9.56. The smallest absolute Gasteiger partial charge is 0.257 e. The Balaban J connectivity index is 1.45. The highest BCUT2D eigenvalue weighted by atomic mass is 35.5. The third-order valence-electron chi connectivity index (χ3n) is 4.87. The minimum atomic E-state index is -3.53. The van der Waals surface area contributed by atoms with Gasteiger partial charge in [0.25, 0.3) is 5.91 Å². The number of nitrogens with one attached hydrogen (secondary N) is 1. The van der Waals surface area contributed by atoms with Crippen LogP contribution in [-0.2, 0) is 10.0 Å². The standard InChI is InChI=1S/C20H20ClN3O3S3/c21-18-10-9-17(29-18)16-13-28-20(22-16)23-19(25)14-5-7-15(8-6-14)30(26,27)24-11-3-1-2-4-12-24/h5-10,13H,1-4,11-12H2,(H,22,23,25). The van der Waals surface area contributed by atoms with Crippen molar-refractivity contribution in [1.82, 2.24) is 9.29 Å². The topological polar surface area (TPSA) is 79.4 Å². The van der Waals surface area contributed by atoms with E-state index < -0.39 is 10.0 Å². The Kier molecular flexibility index (Phi) is 6.54. The molecule has 1 N–H and O–H groups in total. The van der Waals surface area contributed by atoms with Crippen molar-refractivity contribution in [3.05, 3.63) is 51.7 Å². The first-order chi connectivity index (χ1) is 14.4. The summed E-state index contributed by atoms with van der Waals surface area (Å²) in [7, 11) is -3.53. The minimum Gasteiger partial charge on any atom is -0.298 e. The molecule has 0 aliphatic carbocycles. The van der Waals surface area contributed by atoms with Crippen LogP contribution in [0.4, 0.5) is 5.13 Å². The van der Waals surface area contributed by atoms with Crippen LogP contribution in [0.25, 0.3) is 10.6 Å². The number of sulfonamides is 1. The normalized spacial score (nSPS) is 15.6. The number of rotatable bonds is 5. The molecule has 3 heterocycles. The lowest BCUT2D eigenvalue weighted by Crippen LogP contribution is -2.31. The number of thiophene rings is 1. The van der Waals surface area contributed by atoms with Crippen molar-refractivity contribution in [2.24, 2.45) is 0 Å². The van der Waals surface area contributed by atoms with E-state index in [-0.39, 0.29) is 10.8 Å². The molecule has 1 aromatic carbocycles. The summed E-state index contributed by atoms with van der Waals surface area (Å²) in [6.07, 6.45) is 3.88. The molecule has 0 unspecified atom stereocenters. The lowest BCUT2D eigenvalue weighted by Gasteiger charge is -2.20. The molecule has 0 spiro atoms. The van der Waals surface area contributed by atoms with E-state index in [1.54, 1.807) is 10.4 Å². The highest BCUT2D eigenvalue weighted by Crippen LogP contribution is 2.33. The second-order valence-electron chi connectivity index (χ2n) is 6.94.